The van der Waals surface area contributed by atoms with Crippen molar-refractivity contribution in [2.24, 2.45) is 0 Å². The molecule has 0 spiro atoms. The molecule has 0 saturated heterocycles. The van der Waals surface area contributed by atoms with E-state index >= 15 is 0 Å². The first kappa shape index (κ1) is 10.0. The van der Waals surface area contributed by atoms with Crippen molar-refractivity contribution in [1.29, 1.82) is 0 Å². The van der Waals surface area contributed by atoms with Crippen LogP contribution in [0.4, 0.5) is 0 Å². The highest BCUT2D eigenvalue weighted by Crippen LogP contribution is 2.18. The molecule has 0 heterocycles. The second-order valence-corrected chi connectivity index (χ2v) is 2.69. The summed E-state index contributed by atoms with van der Waals surface area (Å²) in [4.78, 5) is 0. The molecule has 0 unspecified atom stereocenters. The molecule has 1 aromatic carbocycles. The van der Waals surface area contributed by atoms with Crippen LogP contribution in [0.5, 0.6) is 5.75 Å². The molecule has 0 saturated carbocycles. The molecule has 1 aromatic rings. The Morgan fingerprint density at radius 1 is 1.00 bits per heavy atom. The summed E-state index contributed by atoms with van der Waals surface area (Å²) in [5.74, 6) is -0.296. The van der Waals surface area contributed by atoms with Crippen LogP contribution in [0.1, 0.15) is 6.92 Å². The van der Waals surface area contributed by atoms with Gasteiger partial charge in [-0.25, -0.2) is 0 Å². The quantitative estimate of drug-likeness (QED) is 0.667. The molecule has 3 nitrogen and oxygen atoms in total. The van der Waals surface area contributed by atoms with E-state index in [9.17, 15) is 0 Å². The molecule has 72 valence electrons. The Kier molecular flexibility index (Phi) is 3.28. The van der Waals surface area contributed by atoms with E-state index in [1.165, 1.54) is 14.2 Å². The molecule has 0 amide bonds. The van der Waals surface area contributed by atoms with Crippen molar-refractivity contribution in [3.8, 4) is 5.75 Å². The van der Waals surface area contributed by atoms with Crippen LogP contribution in [0.25, 0.3) is 0 Å². The van der Waals surface area contributed by atoms with Crippen LogP contribution in [0, 0.1) is 0 Å². The number of hydrogen-bond donors (Lipinski definition) is 0. The largest absolute Gasteiger partial charge is 0.439 e. The highest BCUT2D eigenvalue weighted by Gasteiger charge is 2.24. The lowest BCUT2D eigenvalue weighted by molar-refractivity contribution is -0.309. The van der Waals surface area contributed by atoms with E-state index in [0.29, 0.717) is 5.75 Å². The van der Waals surface area contributed by atoms with Crippen molar-refractivity contribution in [1.82, 2.24) is 0 Å². The van der Waals surface area contributed by atoms with Gasteiger partial charge in [-0.3, -0.25) is 0 Å². The second-order valence-electron chi connectivity index (χ2n) is 2.69. The Hall–Kier alpha value is -1.06. The Labute approximate surface area is 78.2 Å². The van der Waals surface area contributed by atoms with Gasteiger partial charge in [0.2, 0.25) is 0 Å². The maximum Gasteiger partial charge on any atom is 0.323 e. The van der Waals surface area contributed by atoms with Crippen LogP contribution >= 0.6 is 0 Å². The number of ether oxygens (including phenoxy) is 3. The minimum atomic E-state index is -1.01. The van der Waals surface area contributed by atoms with Gasteiger partial charge in [0, 0.05) is 21.1 Å². The van der Waals surface area contributed by atoms with E-state index in [0.717, 1.165) is 0 Å². The third-order valence-electron chi connectivity index (χ3n) is 1.79. The lowest BCUT2D eigenvalue weighted by atomic mass is 10.3. The maximum absolute atomic E-state index is 5.46. The zero-order valence-corrected chi connectivity index (χ0v) is 8.11. The van der Waals surface area contributed by atoms with Crippen molar-refractivity contribution < 1.29 is 14.2 Å². The maximum atomic E-state index is 5.46. The molecule has 0 aromatic heterocycles. The molecule has 0 fully saturated rings. The lowest BCUT2D eigenvalue weighted by Gasteiger charge is -2.26. The zero-order valence-electron chi connectivity index (χ0n) is 8.11. The number of methoxy groups -OCH3 is 2. The Bertz CT molecular complexity index is 242. The second kappa shape index (κ2) is 4.25. The molecule has 0 aliphatic rings. The van der Waals surface area contributed by atoms with Gasteiger partial charge in [0.25, 0.3) is 0 Å². The first-order valence-electron chi connectivity index (χ1n) is 4.04. The Morgan fingerprint density at radius 3 is 2.00 bits per heavy atom. The molecule has 0 radical (unpaired) electrons. The third-order valence-corrected chi connectivity index (χ3v) is 1.79. The summed E-state index contributed by atoms with van der Waals surface area (Å²) in [7, 11) is 3.07. The molecule has 0 aliphatic heterocycles. The summed E-state index contributed by atoms with van der Waals surface area (Å²) < 4.78 is 15.5. The van der Waals surface area contributed by atoms with Crippen LogP contribution in [0.2, 0.25) is 0 Å². The van der Waals surface area contributed by atoms with Gasteiger partial charge in [-0.2, -0.15) is 0 Å². The van der Waals surface area contributed by atoms with E-state index < -0.39 is 5.97 Å². The summed E-state index contributed by atoms with van der Waals surface area (Å²) in [6, 6.07) is 9.39. The average Bonchev–Trinajstić information content (AvgIpc) is 2.19. The molecule has 0 aliphatic carbocycles. The predicted molar refractivity (Wildman–Crippen MR) is 49.5 cm³/mol. The van der Waals surface area contributed by atoms with Gasteiger partial charge in [0.1, 0.15) is 5.75 Å². The minimum Gasteiger partial charge on any atom is -0.439 e. The Morgan fingerprint density at radius 2 is 1.54 bits per heavy atom. The van der Waals surface area contributed by atoms with Crippen LogP contribution < -0.4 is 4.74 Å². The standard InChI is InChI=1S/C10H14O3/c1-10(11-2,12-3)13-9-7-5-4-6-8-9/h4-8H,1-3H3. The van der Waals surface area contributed by atoms with E-state index in [1.54, 1.807) is 6.92 Å². The van der Waals surface area contributed by atoms with Crippen molar-refractivity contribution in [2.75, 3.05) is 14.2 Å². The van der Waals surface area contributed by atoms with Crippen molar-refractivity contribution in [3.63, 3.8) is 0 Å². The van der Waals surface area contributed by atoms with Crippen LogP contribution in [0.3, 0.4) is 0 Å². The van der Waals surface area contributed by atoms with Gasteiger partial charge in [-0.1, -0.05) is 18.2 Å². The van der Waals surface area contributed by atoms with Gasteiger partial charge in [-0.15, -0.1) is 0 Å². The van der Waals surface area contributed by atoms with Crippen molar-refractivity contribution in [3.05, 3.63) is 30.3 Å². The fraction of sp³-hybridized carbons (Fsp3) is 0.400. The van der Waals surface area contributed by atoms with Crippen LogP contribution in [-0.2, 0) is 9.47 Å². The summed E-state index contributed by atoms with van der Waals surface area (Å²) in [5, 5.41) is 0. The molecular weight excluding hydrogens is 168 g/mol. The summed E-state index contributed by atoms with van der Waals surface area (Å²) >= 11 is 0. The minimum absolute atomic E-state index is 0.716. The molecule has 0 atom stereocenters. The lowest BCUT2D eigenvalue weighted by Crippen LogP contribution is -2.36. The summed E-state index contributed by atoms with van der Waals surface area (Å²) in [5.41, 5.74) is 0. The van der Waals surface area contributed by atoms with Gasteiger partial charge < -0.3 is 14.2 Å². The zero-order chi connectivity index (χ0) is 9.73. The van der Waals surface area contributed by atoms with Crippen molar-refractivity contribution >= 4 is 0 Å². The molecule has 0 bridgehead atoms. The molecule has 3 heteroatoms. The molecule has 1 rings (SSSR count). The van der Waals surface area contributed by atoms with Crippen LogP contribution in [0.15, 0.2) is 30.3 Å². The third kappa shape index (κ3) is 2.72. The van der Waals surface area contributed by atoms with Crippen LogP contribution in [-0.4, -0.2) is 20.2 Å². The molecule has 0 N–H and O–H groups in total. The summed E-state index contributed by atoms with van der Waals surface area (Å²) in [6.07, 6.45) is 0. The number of rotatable bonds is 4. The monoisotopic (exact) mass is 182 g/mol. The first-order chi connectivity index (χ1) is 6.20. The first-order valence-corrected chi connectivity index (χ1v) is 4.04. The fourth-order valence-corrected chi connectivity index (χ4v) is 0.869. The molecule has 13 heavy (non-hydrogen) atoms. The number of para-hydroxylation sites is 1. The number of benzene rings is 1. The SMILES string of the molecule is COC(C)(OC)Oc1ccccc1. The fourth-order valence-electron chi connectivity index (χ4n) is 0.869. The van der Waals surface area contributed by atoms with E-state index in [2.05, 4.69) is 0 Å². The highest BCUT2D eigenvalue weighted by molar-refractivity contribution is 5.21. The normalized spacial score (nSPS) is 11.3. The smallest absolute Gasteiger partial charge is 0.323 e. The van der Waals surface area contributed by atoms with E-state index in [-0.39, 0.29) is 0 Å². The van der Waals surface area contributed by atoms with E-state index in [4.69, 9.17) is 14.2 Å². The highest BCUT2D eigenvalue weighted by atomic mass is 16.9. The Balaban J connectivity index is 2.68. The van der Waals surface area contributed by atoms with Gasteiger partial charge >= 0.3 is 5.97 Å². The average molecular weight is 182 g/mol. The van der Waals surface area contributed by atoms with Gasteiger partial charge in [0.05, 0.1) is 0 Å². The molecular formula is C10H14O3. The topological polar surface area (TPSA) is 27.7 Å². The van der Waals surface area contributed by atoms with Crippen molar-refractivity contribution in [2.45, 2.75) is 12.9 Å². The van der Waals surface area contributed by atoms with E-state index in [1.807, 2.05) is 30.3 Å². The van der Waals surface area contributed by atoms with Gasteiger partial charge in [-0.05, 0) is 12.1 Å². The predicted octanol–water partition coefficient (Wildman–Crippen LogP) is 2.03. The number of hydrogen-bond acceptors (Lipinski definition) is 3. The van der Waals surface area contributed by atoms with Gasteiger partial charge in [0.15, 0.2) is 0 Å². The summed E-state index contributed by atoms with van der Waals surface area (Å²) in [6.45, 7) is 1.71.